The highest BCUT2D eigenvalue weighted by Crippen LogP contribution is 2.26. The summed E-state index contributed by atoms with van der Waals surface area (Å²) < 4.78 is 28.2. The molecule has 1 unspecified atom stereocenters. The van der Waals surface area contributed by atoms with Crippen molar-refractivity contribution < 1.29 is 17.9 Å². The van der Waals surface area contributed by atoms with Crippen molar-refractivity contribution >= 4 is 37.2 Å². The van der Waals surface area contributed by atoms with E-state index in [-0.39, 0.29) is 21.6 Å². The fraction of sp³-hybridized carbons (Fsp3) is 0.462. The average molecular weight is 352 g/mol. The summed E-state index contributed by atoms with van der Waals surface area (Å²) in [5.41, 5.74) is 0.699. The Morgan fingerprint density at radius 2 is 2.19 bits per heavy atom. The first-order chi connectivity index (χ1) is 9.79. The molecule has 8 heteroatoms. The van der Waals surface area contributed by atoms with E-state index in [4.69, 9.17) is 27.0 Å². The standard InChI is InChI=1S/C13H15Cl2NO4S/c1-8-11(5-10(6-12(8)14)21(15,18)19)13(17)16-7-9-3-2-4-20-9/h5-6,9H,2-4,7H2,1H3,(H,16,17). The lowest BCUT2D eigenvalue weighted by Crippen LogP contribution is -2.32. The van der Waals surface area contributed by atoms with Gasteiger partial charge in [0.05, 0.1) is 11.0 Å². The number of ether oxygens (including phenoxy) is 1. The van der Waals surface area contributed by atoms with E-state index in [1.54, 1.807) is 6.92 Å². The molecule has 1 aliphatic heterocycles. The van der Waals surface area contributed by atoms with Crippen LogP contribution >= 0.6 is 22.3 Å². The Balaban J connectivity index is 2.21. The van der Waals surface area contributed by atoms with Gasteiger partial charge >= 0.3 is 0 Å². The molecular formula is C13H15Cl2NO4S. The second kappa shape index (κ2) is 6.52. The Morgan fingerprint density at radius 3 is 2.76 bits per heavy atom. The lowest BCUT2D eigenvalue weighted by molar-refractivity contribution is 0.0857. The van der Waals surface area contributed by atoms with E-state index in [1.807, 2.05) is 0 Å². The van der Waals surface area contributed by atoms with Gasteiger partial charge in [0.15, 0.2) is 0 Å². The SMILES string of the molecule is Cc1c(Cl)cc(S(=O)(=O)Cl)cc1C(=O)NCC1CCCO1. The molecule has 1 aromatic rings. The van der Waals surface area contributed by atoms with E-state index < -0.39 is 15.0 Å². The van der Waals surface area contributed by atoms with Gasteiger partial charge in [-0.2, -0.15) is 0 Å². The summed E-state index contributed by atoms with van der Waals surface area (Å²) in [5, 5.41) is 2.91. The van der Waals surface area contributed by atoms with Gasteiger partial charge in [0.1, 0.15) is 0 Å². The molecule has 0 saturated carbocycles. The highest BCUT2D eigenvalue weighted by atomic mass is 35.7. The molecule has 21 heavy (non-hydrogen) atoms. The Morgan fingerprint density at radius 1 is 1.48 bits per heavy atom. The largest absolute Gasteiger partial charge is 0.376 e. The molecule has 1 aromatic carbocycles. The van der Waals surface area contributed by atoms with Crippen LogP contribution in [-0.4, -0.2) is 33.6 Å². The van der Waals surface area contributed by atoms with Crippen LogP contribution in [-0.2, 0) is 13.8 Å². The number of carbonyl (C=O) groups is 1. The van der Waals surface area contributed by atoms with E-state index in [1.165, 1.54) is 12.1 Å². The van der Waals surface area contributed by atoms with Gasteiger partial charge in [-0.15, -0.1) is 0 Å². The molecule has 0 radical (unpaired) electrons. The molecule has 2 rings (SSSR count). The fourth-order valence-electron chi connectivity index (χ4n) is 2.14. The summed E-state index contributed by atoms with van der Waals surface area (Å²) >= 11 is 5.97. The molecule has 1 aliphatic rings. The highest BCUT2D eigenvalue weighted by molar-refractivity contribution is 8.13. The van der Waals surface area contributed by atoms with Crippen molar-refractivity contribution in [3.05, 3.63) is 28.3 Å². The summed E-state index contributed by atoms with van der Waals surface area (Å²) in [4.78, 5) is 12.0. The fourth-order valence-corrected chi connectivity index (χ4v) is 3.21. The molecule has 116 valence electrons. The molecule has 1 amide bonds. The number of benzene rings is 1. The first-order valence-corrected chi connectivity index (χ1v) is 9.12. The van der Waals surface area contributed by atoms with Gasteiger partial charge in [0, 0.05) is 34.4 Å². The monoisotopic (exact) mass is 351 g/mol. The van der Waals surface area contributed by atoms with Crippen LogP contribution in [0.4, 0.5) is 0 Å². The summed E-state index contributed by atoms with van der Waals surface area (Å²) in [6.07, 6.45) is 1.88. The minimum atomic E-state index is -3.95. The van der Waals surface area contributed by atoms with Crippen LogP contribution in [0.2, 0.25) is 5.02 Å². The molecular weight excluding hydrogens is 337 g/mol. The van der Waals surface area contributed by atoms with Crippen molar-refractivity contribution in [1.82, 2.24) is 5.32 Å². The summed E-state index contributed by atoms with van der Waals surface area (Å²) in [6.45, 7) is 2.73. The third kappa shape index (κ3) is 4.10. The summed E-state index contributed by atoms with van der Waals surface area (Å²) in [5.74, 6) is -0.396. The van der Waals surface area contributed by atoms with E-state index in [2.05, 4.69) is 5.32 Å². The topological polar surface area (TPSA) is 72.5 Å². The number of hydrogen-bond acceptors (Lipinski definition) is 4. The van der Waals surface area contributed by atoms with Gasteiger partial charge in [-0.25, -0.2) is 8.42 Å². The van der Waals surface area contributed by atoms with Crippen LogP contribution in [0.3, 0.4) is 0 Å². The average Bonchev–Trinajstić information content (AvgIpc) is 2.91. The van der Waals surface area contributed by atoms with Crippen molar-refractivity contribution in [1.29, 1.82) is 0 Å². The molecule has 0 spiro atoms. The molecule has 1 heterocycles. The predicted molar refractivity (Wildman–Crippen MR) is 80.5 cm³/mol. The van der Waals surface area contributed by atoms with Crippen LogP contribution in [0.1, 0.15) is 28.8 Å². The van der Waals surface area contributed by atoms with E-state index in [9.17, 15) is 13.2 Å². The number of nitrogens with one attached hydrogen (secondary N) is 1. The normalized spacial score (nSPS) is 18.7. The van der Waals surface area contributed by atoms with Crippen molar-refractivity contribution in [3.8, 4) is 0 Å². The zero-order chi connectivity index (χ0) is 15.6. The smallest absolute Gasteiger partial charge is 0.261 e. The van der Waals surface area contributed by atoms with Gasteiger partial charge in [-0.05, 0) is 37.5 Å². The quantitative estimate of drug-likeness (QED) is 0.845. The van der Waals surface area contributed by atoms with E-state index >= 15 is 0 Å². The lowest BCUT2D eigenvalue weighted by Gasteiger charge is -2.13. The van der Waals surface area contributed by atoms with Crippen molar-refractivity contribution in [2.45, 2.75) is 30.8 Å². The van der Waals surface area contributed by atoms with E-state index in [0.29, 0.717) is 18.7 Å². The first kappa shape index (κ1) is 16.5. The minimum absolute atomic E-state index is 0.00432. The zero-order valence-electron chi connectivity index (χ0n) is 11.4. The summed E-state index contributed by atoms with van der Waals surface area (Å²) in [6, 6.07) is 2.46. The zero-order valence-corrected chi connectivity index (χ0v) is 13.7. The third-order valence-corrected chi connectivity index (χ3v) is 5.08. The van der Waals surface area contributed by atoms with Gasteiger partial charge < -0.3 is 10.1 Å². The number of hydrogen-bond donors (Lipinski definition) is 1. The molecule has 1 N–H and O–H groups in total. The predicted octanol–water partition coefficient (Wildman–Crippen LogP) is 2.48. The number of amides is 1. The van der Waals surface area contributed by atoms with Crippen molar-refractivity contribution in [3.63, 3.8) is 0 Å². The Kier molecular flexibility index (Phi) is 5.14. The van der Waals surface area contributed by atoms with Crippen LogP contribution in [0.25, 0.3) is 0 Å². The minimum Gasteiger partial charge on any atom is -0.376 e. The molecule has 1 saturated heterocycles. The maximum atomic E-state index is 12.2. The number of rotatable bonds is 4. The Bertz CT molecular complexity index is 654. The molecule has 1 fully saturated rings. The molecule has 0 aromatic heterocycles. The summed E-state index contributed by atoms with van der Waals surface area (Å²) in [7, 11) is 1.36. The van der Waals surface area contributed by atoms with Crippen LogP contribution in [0, 0.1) is 6.92 Å². The van der Waals surface area contributed by atoms with Crippen LogP contribution in [0.15, 0.2) is 17.0 Å². The maximum Gasteiger partial charge on any atom is 0.261 e. The van der Waals surface area contributed by atoms with Gasteiger partial charge in [-0.1, -0.05) is 11.6 Å². The van der Waals surface area contributed by atoms with Crippen molar-refractivity contribution in [2.75, 3.05) is 13.2 Å². The lowest BCUT2D eigenvalue weighted by atomic mass is 10.1. The molecule has 0 bridgehead atoms. The molecule has 5 nitrogen and oxygen atoms in total. The highest BCUT2D eigenvalue weighted by Gasteiger charge is 2.21. The maximum absolute atomic E-state index is 12.2. The number of halogens is 2. The van der Waals surface area contributed by atoms with E-state index in [0.717, 1.165) is 12.8 Å². The first-order valence-electron chi connectivity index (χ1n) is 6.43. The van der Waals surface area contributed by atoms with Crippen LogP contribution < -0.4 is 5.32 Å². The van der Waals surface area contributed by atoms with Gasteiger partial charge in [-0.3, -0.25) is 4.79 Å². The van der Waals surface area contributed by atoms with Gasteiger partial charge in [0.2, 0.25) is 0 Å². The van der Waals surface area contributed by atoms with Crippen molar-refractivity contribution in [2.24, 2.45) is 0 Å². The van der Waals surface area contributed by atoms with Crippen LogP contribution in [0.5, 0.6) is 0 Å². The molecule has 0 aliphatic carbocycles. The number of carbonyl (C=O) groups excluding carboxylic acids is 1. The second-order valence-electron chi connectivity index (χ2n) is 4.86. The third-order valence-electron chi connectivity index (χ3n) is 3.36. The second-order valence-corrected chi connectivity index (χ2v) is 7.83. The Hall–Kier alpha value is -0.820. The molecule has 1 atom stereocenters. The Labute approximate surface area is 133 Å². The van der Waals surface area contributed by atoms with Gasteiger partial charge in [0.25, 0.3) is 15.0 Å².